The van der Waals surface area contributed by atoms with Crippen LogP contribution in [-0.4, -0.2) is 39.2 Å². The van der Waals surface area contributed by atoms with Crippen molar-refractivity contribution in [3.63, 3.8) is 0 Å². The molecule has 1 heterocycles. The van der Waals surface area contributed by atoms with Crippen LogP contribution in [0.5, 0.6) is 17.2 Å². The van der Waals surface area contributed by atoms with Crippen molar-refractivity contribution in [2.75, 3.05) is 21.3 Å². The van der Waals surface area contributed by atoms with Crippen molar-refractivity contribution < 1.29 is 28.5 Å². The van der Waals surface area contributed by atoms with Crippen LogP contribution in [0.4, 0.5) is 0 Å². The SMILES string of the molecule is COc1ccc([C@H]2C(C(=O)OC3CCCC3)=C(C)NC3=C2C(=O)CC(C)(C)C3)c(OC)c1OC. The number of methoxy groups -OCH3 is 3. The Hall–Kier alpha value is -2.96. The first-order chi connectivity index (χ1) is 16.2. The van der Waals surface area contributed by atoms with Gasteiger partial charge < -0.3 is 24.3 Å². The van der Waals surface area contributed by atoms with Crippen molar-refractivity contribution in [3.8, 4) is 17.2 Å². The Morgan fingerprint density at radius 1 is 1.00 bits per heavy atom. The van der Waals surface area contributed by atoms with E-state index in [1.54, 1.807) is 27.4 Å². The van der Waals surface area contributed by atoms with Gasteiger partial charge in [0.1, 0.15) is 6.10 Å². The fourth-order valence-electron chi connectivity index (χ4n) is 5.59. The number of rotatable bonds is 6. The molecule has 0 saturated heterocycles. The molecule has 0 aromatic heterocycles. The van der Waals surface area contributed by atoms with Gasteiger partial charge in [0.25, 0.3) is 0 Å². The second-order valence-corrected chi connectivity index (χ2v) is 10.2. The summed E-state index contributed by atoms with van der Waals surface area (Å²) in [6, 6.07) is 3.63. The fourth-order valence-corrected chi connectivity index (χ4v) is 5.59. The van der Waals surface area contributed by atoms with E-state index in [2.05, 4.69) is 19.2 Å². The zero-order valence-corrected chi connectivity index (χ0v) is 21.0. The smallest absolute Gasteiger partial charge is 0.337 e. The van der Waals surface area contributed by atoms with Crippen LogP contribution in [0, 0.1) is 5.41 Å². The van der Waals surface area contributed by atoms with Gasteiger partial charge in [0.2, 0.25) is 5.75 Å². The quantitative estimate of drug-likeness (QED) is 0.599. The Bertz CT molecular complexity index is 1060. The number of ether oxygens (including phenoxy) is 4. The minimum Gasteiger partial charge on any atom is -0.493 e. The molecule has 1 aliphatic heterocycles. The third-order valence-corrected chi connectivity index (χ3v) is 7.08. The molecule has 1 saturated carbocycles. The summed E-state index contributed by atoms with van der Waals surface area (Å²) in [6.45, 7) is 6.05. The molecule has 1 aromatic carbocycles. The molecule has 7 heteroatoms. The van der Waals surface area contributed by atoms with Gasteiger partial charge in [-0.15, -0.1) is 0 Å². The van der Waals surface area contributed by atoms with E-state index in [1.165, 1.54) is 0 Å². The van der Waals surface area contributed by atoms with Crippen molar-refractivity contribution in [2.24, 2.45) is 5.41 Å². The van der Waals surface area contributed by atoms with Gasteiger partial charge in [-0.3, -0.25) is 4.79 Å². The number of nitrogens with one attached hydrogen (secondary N) is 1. The van der Waals surface area contributed by atoms with E-state index in [0.717, 1.165) is 31.4 Å². The average Bonchev–Trinajstić information content (AvgIpc) is 3.28. The highest BCUT2D eigenvalue weighted by Crippen LogP contribution is 2.52. The monoisotopic (exact) mass is 469 g/mol. The normalized spacial score (nSPS) is 22.3. The molecule has 1 fully saturated rings. The number of hydrogen-bond acceptors (Lipinski definition) is 7. The second-order valence-electron chi connectivity index (χ2n) is 10.2. The highest BCUT2D eigenvalue weighted by molar-refractivity contribution is 6.04. The van der Waals surface area contributed by atoms with Crippen LogP contribution in [0.1, 0.15) is 70.8 Å². The van der Waals surface area contributed by atoms with E-state index >= 15 is 0 Å². The second kappa shape index (κ2) is 9.35. The summed E-state index contributed by atoms with van der Waals surface area (Å²) in [7, 11) is 4.65. The lowest BCUT2D eigenvalue weighted by Gasteiger charge is -2.40. The van der Waals surface area contributed by atoms with Gasteiger partial charge in [0.05, 0.1) is 32.8 Å². The number of Topliss-reactive ketones (excluding diaryl/α,β-unsaturated/α-hetero) is 1. The van der Waals surface area contributed by atoms with Crippen LogP contribution >= 0.6 is 0 Å². The Morgan fingerprint density at radius 2 is 1.68 bits per heavy atom. The molecule has 1 N–H and O–H groups in total. The maximum Gasteiger partial charge on any atom is 0.337 e. The molecule has 34 heavy (non-hydrogen) atoms. The number of allylic oxidation sites excluding steroid dienone is 3. The van der Waals surface area contributed by atoms with Crippen LogP contribution in [0.3, 0.4) is 0 Å². The molecule has 0 amide bonds. The Labute approximate surface area is 201 Å². The van der Waals surface area contributed by atoms with Crippen LogP contribution in [-0.2, 0) is 14.3 Å². The summed E-state index contributed by atoms with van der Waals surface area (Å²) in [5.41, 5.74) is 3.13. The van der Waals surface area contributed by atoms with E-state index in [1.807, 2.05) is 13.0 Å². The molecule has 4 rings (SSSR count). The lowest BCUT2D eigenvalue weighted by atomic mass is 9.68. The molecule has 2 aliphatic carbocycles. The van der Waals surface area contributed by atoms with E-state index in [0.29, 0.717) is 52.5 Å². The van der Waals surface area contributed by atoms with E-state index in [4.69, 9.17) is 18.9 Å². The first-order valence-corrected chi connectivity index (χ1v) is 11.9. The minimum absolute atomic E-state index is 0.0271. The highest BCUT2D eigenvalue weighted by atomic mass is 16.5. The number of ketones is 1. The molecule has 7 nitrogen and oxygen atoms in total. The van der Waals surface area contributed by atoms with Crippen molar-refractivity contribution in [1.82, 2.24) is 5.32 Å². The Morgan fingerprint density at radius 3 is 2.29 bits per heavy atom. The number of dihydropyridines is 1. The Kier molecular flexibility index (Phi) is 6.65. The molecule has 3 aliphatic rings. The van der Waals surface area contributed by atoms with Gasteiger partial charge in [-0.05, 0) is 50.5 Å². The van der Waals surface area contributed by atoms with Crippen molar-refractivity contribution >= 4 is 11.8 Å². The lowest BCUT2D eigenvalue weighted by molar-refractivity contribution is -0.144. The third-order valence-electron chi connectivity index (χ3n) is 7.08. The van der Waals surface area contributed by atoms with Gasteiger partial charge >= 0.3 is 5.97 Å². The van der Waals surface area contributed by atoms with E-state index < -0.39 is 5.92 Å². The summed E-state index contributed by atoms with van der Waals surface area (Å²) in [5.74, 6) is 0.397. The standard InChI is InChI=1S/C27H35NO6/c1-15-21(26(30)34-16-9-7-8-10-16)22(23-18(28-15)13-27(2,3)14-19(23)29)17-11-12-20(31-4)25(33-6)24(17)32-5/h11-12,16,22,28H,7-10,13-14H2,1-6H3/t22-/m0/s1. The molecular weight excluding hydrogens is 434 g/mol. The molecule has 1 aromatic rings. The fraction of sp³-hybridized carbons (Fsp3) is 0.556. The van der Waals surface area contributed by atoms with Gasteiger partial charge in [0, 0.05) is 29.0 Å². The van der Waals surface area contributed by atoms with E-state index in [9.17, 15) is 9.59 Å². The summed E-state index contributed by atoms with van der Waals surface area (Å²) >= 11 is 0. The van der Waals surface area contributed by atoms with Crippen LogP contribution < -0.4 is 19.5 Å². The van der Waals surface area contributed by atoms with Gasteiger partial charge in [-0.1, -0.05) is 19.9 Å². The maximum absolute atomic E-state index is 13.6. The van der Waals surface area contributed by atoms with Gasteiger partial charge in [-0.2, -0.15) is 0 Å². The van der Waals surface area contributed by atoms with Gasteiger partial charge in [0.15, 0.2) is 17.3 Å². The molecule has 184 valence electrons. The number of hydrogen-bond donors (Lipinski definition) is 1. The maximum atomic E-state index is 13.6. The summed E-state index contributed by atoms with van der Waals surface area (Å²) in [6.07, 6.45) is 4.89. The van der Waals surface area contributed by atoms with Crippen LogP contribution in [0.2, 0.25) is 0 Å². The molecule has 1 atom stereocenters. The summed E-state index contributed by atoms with van der Waals surface area (Å²) in [4.78, 5) is 27.1. The minimum atomic E-state index is -0.622. The van der Waals surface area contributed by atoms with Crippen LogP contribution in [0.25, 0.3) is 0 Å². The number of carbonyl (C=O) groups excluding carboxylic acids is 2. The largest absolute Gasteiger partial charge is 0.493 e. The topological polar surface area (TPSA) is 83.1 Å². The van der Waals surface area contributed by atoms with Crippen molar-refractivity contribution in [2.45, 2.75) is 71.3 Å². The molecule has 0 unspecified atom stereocenters. The lowest BCUT2D eigenvalue weighted by Crippen LogP contribution is -2.39. The predicted octanol–water partition coefficient (Wildman–Crippen LogP) is 4.80. The first-order valence-electron chi connectivity index (χ1n) is 11.9. The van der Waals surface area contributed by atoms with E-state index in [-0.39, 0.29) is 23.3 Å². The molecule has 0 spiro atoms. The first kappa shape index (κ1) is 24.2. The summed E-state index contributed by atoms with van der Waals surface area (Å²) < 4.78 is 22.8. The Balaban J connectivity index is 1.89. The molecular formula is C27H35NO6. The highest BCUT2D eigenvalue weighted by Gasteiger charge is 2.45. The molecule has 0 radical (unpaired) electrons. The molecule has 0 bridgehead atoms. The zero-order valence-electron chi connectivity index (χ0n) is 21.0. The third kappa shape index (κ3) is 4.28. The summed E-state index contributed by atoms with van der Waals surface area (Å²) in [5, 5.41) is 3.39. The van der Waals surface area contributed by atoms with Crippen molar-refractivity contribution in [1.29, 1.82) is 0 Å². The number of benzene rings is 1. The number of carbonyl (C=O) groups is 2. The predicted molar refractivity (Wildman–Crippen MR) is 128 cm³/mol. The van der Waals surface area contributed by atoms with Crippen LogP contribution in [0.15, 0.2) is 34.7 Å². The zero-order chi connectivity index (χ0) is 24.6. The van der Waals surface area contributed by atoms with Gasteiger partial charge in [-0.25, -0.2) is 4.79 Å². The van der Waals surface area contributed by atoms with Crippen molar-refractivity contribution in [3.05, 3.63) is 40.2 Å². The average molecular weight is 470 g/mol. The number of esters is 1.